The van der Waals surface area contributed by atoms with Gasteiger partial charge in [0.05, 0.1) is 5.52 Å². The van der Waals surface area contributed by atoms with Crippen molar-refractivity contribution >= 4 is 16.9 Å². The van der Waals surface area contributed by atoms with Crippen LogP contribution in [0.4, 0.5) is 4.39 Å². The zero-order valence-corrected chi connectivity index (χ0v) is 17.1. The Balaban J connectivity index is 1.65. The number of halogens is 1. The minimum Gasteiger partial charge on any atom is -0.505 e. The van der Waals surface area contributed by atoms with Gasteiger partial charge < -0.3 is 20.0 Å². The number of nitrogens with zero attached hydrogens (tertiary/aromatic N) is 2. The van der Waals surface area contributed by atoms with Gasteiger partial charge in [-0.3, -0.25) is 19.4 Å². The standard InChI is InChI=1S/C23H19FN4O4/c1-28-17-9-15(8-13-2-5-16(24)6-3-13)12-26-20(17)21(30)19(23(28)32)22(31)27-11-14-4-7-18(29)25-10-14/h2-7,9-10,12,30H,8,11H2,1H3,(H,25,29)(H,27,31). The number of benzene rings is 1. The van der Waals surface area contributed by atoms with Crippen molar-refractivity contribution in [2.45, 2.75) is 13.0 Å². The first-order valence-corrected chi connectivity index (χ1v) is 9.74. The van der Waals surface area contributed by atoms with E-state index >= 15 is 0 Å². The van der Waals surface area contributed by atoms with Crippen LogP contribution in [0.5, 0.6) is 5.75 Å². The lowest BCUT2D eigenvalue weighted by Crippen LogP contribution is -2.32. The third-order valence-corrected chi connectivity index (χ3v) is 5.12. The number of aromatic amines is 1. The van der Waals surface area contributed by atoms with E-state index in [1.165, 1.54) is 42.2 Å². The third kappa shape index (κ3) is 4.13. The molecule has 3 N–H and O–H groups in total. The van der Waals surface area contributed by atoms with Gasteiger partial charge in [-0.2, -0.15) is 0 Å². The van der Waals surface area contributed by atoms with Crippen LogP contribution in [0.2, 0.25) is 0 Å². The van der Waals surface area contributed by atoms with E-state index in [1.807, 2.05) is 0 Å². The Morgan fingerprint density at radius 2 is 1.84 bits per heavy atom. The average molecular weight is 434 g/mol. The van der Waals surface area contributed by atoms with E-state index in [9.17, 15) is 23.9 Å². The van der Waals surface area contributed by atoms with Crippen LogP contribution < -0.4 is 16.4 Å². The predicted molar refractivity (Wildman–Crippen MR) is 116 cm³/mol. The third-order valence-electron chi connectivity index (χ3n) is 5.12. The van der Waals surface area contributed by atoms with E-state index in [1.54, 1.807) is 24.3 Å². The summed E-state index contributed by atoms with van der Waals surface area (Å²) in [6.07, 6.45) is 3.45. The summed E-state index contributed by atoms with van der Waals surface area (Å²) >= 11 is 0. The van der Waals surface area contributed by atoms with Gasteiger partial charge in [-0.05, 0) is 41.3 Å². The number of aryl methyl sites for hydroxylation is 1. The number of fused-ring (bicyclic) bond motifs is 1. The fourth-order valence-corrected chi connectivity index (χ4v) is 3.39. The molecule has 0 spiro atoms. The number of amides is 1. The van der Waals surface area contributed by atoms with E-state index in [-0.39, 0.29) is 23.4 Å². The van der Waals surface area contributed by atoms with Crippen molar-refractivity contribution in [3.8, 4) is 5.75 Å². The molecule has 0 bridgehead atoms. The molecular formula is C23H19FN4O4. The Morgan fingerprint density at radius 3 is 2.53 bits per heavy atom. The lowest BCUT2D eigenvalue weighted by Gasteiger charge is -2.12. The number of hydrogen-bond donors (Lipinski definition) is 3. The SMILES string of the molecule is Cn1c(=O)c(C(=O)NCc2ccc(=O)[nH]c2)c(O)c2ncc(Cc3ccc(F)cc3)cc21. The van der Waals surface area contributed by atoms with Crippen molar-refractivity contribution < 1.29 is 14.3 Å². The number of hydrogen-bond acceptors (Lipinski definition) is 5. The molecule has 4 rings (SSSR count). The van der Waals surface area contributed by atoms with Gasteiger partial charge in [0, 0.05) is 32.1 Å². The molecule has 0 saturated carbocycles. The maximum Gasteiger partial charge on any atom is 0.267 e. The second kappa shape index (κ2) is 8.46. The minimum atomic E-state index is -0.756. The number of aromatic hydroxyl groups is 1. The van der Waals surface area contributed by atoms with Crippen LogP contribution >= 0.6 is 0 Å². The Bertz CT molecular complexity index is 1420. The number of rotatable bonds is 5. The van der Waals surface area contributed by atoms with Gasteiger partial charge in [0.15, 0.2) is 5.75 Å². The minimum absolute atomic E-state index is 0.0558. The van der Waals surface area contributed by atoms with Crippen molar-refractivity contribution in [3.63, 3.8) is 0 Å². The summed E-state index contributed by atoms with van der Waals surface area (Å²) in [4.78, 5) is 43.4. The molecular weight excluding hydrogens is 415 g/mol. The van der Waals surface area contributed by atoms with E-state index in [4.69, 9.17) is 0 Å². The lowest BCUT2D eigenvalue weighted by molar-refractivity contribution is 0.0946. The quantitative estimate of drug-likeness (QED) is 0.444. The van der Waals surface area contributed by atoms with Crippen LogP contribution in [0.15, 0.2) is 64.4 Å². The summed E-state index contributed by atoms with van der Waals surface area (Å²) in [5.41, 5.74) is 1.37. The van der Waals surface area contributed by atoms with Crippen LogP contribution in [0.25, 0.3) is 11.0 Å². The van der Waals surface area contributed by atoms with E-state index in [2.05, 4.69) is 15.3 Å². The number of nitrogens with one attached hydrogen (secondary N) is 2. The van der Waals surface area contributed by atoms with Crippen molar-refractivity contribution in [3.05, 3.63) is 104 Å². The average Bonchev–Trinajstić information content (AvgIpc) is 2.79. The number of aromatic nitrogens is 3. The van der Waals surface area contributed by atoms with Crippen LogP contribution in [-0.2, 0) is 20.0 Å². The molecule has 8 nitrogen and oxygen atoms in total. The Labute approximate surface area is 181 Å². The Hall–Kier alpha value is -4.27. The molecule has 0 aliphatic rings. The molecule has 4 aromatic rings. The first kappa shape index (κ1) is 21.0. The van der Waals surface area contributed by atoms with E-state index < -0.39 is 22.8 Å². The van der Waals surface area contributed by atoms with Gasteiger partial charge in [0.2, 0.25) is 5.56 Å². The van der Waals surface area contributed by atoms with Crippen LogP contribution in [-0.4, -0.2) is 25.5 Å². The highest BCUT2D eigenvalue weighted by Gasteiger charge is 2.22. The molecule has 0 saturated heterocycles. The Kier molecular flexibility index (Phi) is 5.55. The van der Waals surface area contributed by atoms with Crippen molar-refractivity contribution in [1.29, 1.82) is 0 Å². The first-order chi connectivity index (χ1) is 15.3. The highest BCUT2D eigenvalue weighted by Crippen LogP contribution is 2.25. The summed E-state index contributed by atoms with van der Waals surface area (Å²) in [6, 6.07) is 10.6. The molecule has 32 heavy (non-hydrogen) atoms. The van der Waals surface area contributed by atoms with Crippen molar-refractivity contribution in [2.24, 2.45) is 7.05 Å². The van der Waals surface area contributed by atoms with Gasteiger partial charge >= 0.3 is 0 Å². The van der Waals surface area contributed by atoms with Crippen LogP contribution in [0, 0.1) is 5.82 Å². The Morgan fingerprint density at radius 1 is 1.12 bits per heavy atom. The van der Waals surface area contributed by atoms with E-state index in [0.717, 1.165) is 11.1 Å². The normalized spacial score (nSPS) is 10.9. The predicted octanol–water partition coefficient (Wildman–Crippen LogP) is 1.99. The molecule has 0 aliphatic heterocycles. The van der Waals surface area contributed by atoms with Crippen molar-refractivity contribution in [2.75, 3.05) is 0 Å². The molecule has 1 aromatic carbocycles. The van der Waals surface area contributed by atoms with Gasteiger partial charge in [0.1, 0.15) is 16.9 Å². The zero-order chi connectivity index (χ0) is 22.8. The van der Waals surface area contributed by atoms with E-state index in [0.29, 0.717) is 17.5 Å². The molecule has 0 atom stereocenters. The topological polar surface area (TPSA) is 117 Å². The zero-order valence-electron chi connectivity index (χ0n) is 17.1. The first-order valence-electron chi connectivity index (χ1n) is 9.74. The van der Waals surface area contributed by atoms with Crippen LogP contribution in [0.1, 0.15) is 27.0 Å². The summed E-state index contributed by atoms with van der Waals surface area (Å²) < 4.78 is 14.4. The molecule has 1 amide bonds. The summed E-state index contributed by atoms with van der Waals surface area (Å²) in [6.45, 7) is 0.0558. The summed E-state index contributed by atoms with van der Waals surface area (Å²) in [5, 5.41) is 13.2. The molecule has 0 aliphatic carbocycles. The highest BCUT2D eigenvalue weighted by molar-refractivity contribution is 6.01. The molecule has 3 aromatic heterocycles. The fraction of sp³-hybridized carbons (Fsp3) is 0.130. The van der Waals surface area contributed by atoms with Gasteiger partial charge in [-0.15, -0.1) is 0 Å². The molecule has 0 unspecified atom stereocenters. The second-order valence-electron chi connectivity index (χ2n) is 7.35. The summed E-state index contributed by atoms with van der Waals surface area (Å²) in [7, 11) is 1.49. The smallest absolute Gasteiger partial charge is 0.267 e. The van der Waals surface area contributed by atoms with Crippen LogP contribution in [0.3, 0.4) is 0 Å². The maximum absolute atomic E-state index is 13.1. The summed E-state index contributed by atoms with van der Waals surface area (Å²) in [5.74, 6) is -1.59. The highest BCUT2D eigenvalue weighted by atomic mass is 19.1. The number of H-pyrrole nitrogens is 1. The second-order valence-corrected chi connectivity index (χ2v) is 7.35. The maximum atomic E-state index is 13.1. The molecule has 0 fully saturated rings. The van der Waals surface area contributed by atoms with Gasteiger partial charge in [0.25, 0.3) is 11.5 Å². The number of pyridine rings is 3. The largest absolute Gasteiger partial charge is 0.505 e. The fourth-order valence-electron chi connectivity index (χ4n) is 3.39. The molecule has 162 valence electrons. The lowest BCUT2D eigenvalue weighted by atomic mass is 10.1. The van der Waals surface area contributed by atoms with Gasteiger partial charge in [-0.1, -0.05) is 18.2 Å². The molecule has 0 radical (unpaired) electrons. The monoisotopic (exact) mass is 434 g/mol. The number of carbonyl (C=O) groups is 1. The van der Waals surface area contributed by atoms with Crippen molar-refractivity contribution in [1.82, 2.24) is 19.9 Å². The number of carbonyl (C=O) groups excluding carboxylic acids is 1. The molecule has 3 heterocycles. The van der Waals surface area contributed by atoms with Gasteiger partial charge in [-0.25, -0.2) is 4.39 Å². The molecule has 9 heteroatoms.